The molecule has 2 aromatic carbocycles. The van der Waals surface area contributed by atoms with Gasteiger partial charge < -0.3 is 5.32 Å². The fourth-order valence-electron chi connectivity index (χ4n) is 2.31. The van der Waals surface area contributed by atoms with Gasteiger partial charge in [-0.1, -0.05) is 24.3 Å². The van der Waals surface area contributed by atoms with Crippen molar-refractivity contribution in [3.05, 3.63) is 59.7 Å². The van der Waals surface area contributed by atoms with Crippen molar-refractivity contribution >= 4 is 11.6 Å². The van der Waals surface area contributed by atoms with Gasteiger partial charge >= 0.3 is 6.18 Å². The van der Waals surface area contributed by atoms with Gasteiger partial charge in [-0.2, -0.15) is 18.0 Å². The standard InChI is InChI=1S/C17H14F3N5O/c1-11-4-2-3-5-14(11)16-22-24-25(23-16)10-15(26)21-13-8-6-12(7-9-13)17(18,19)20/h2-9H,10H2,1H3,(H,21,26). The van der Waals surface area contributed by atoms with Gasteiger partial charge in [-0.3, -0.25) is 4.79 Å². The van der Waals surface area contributed by atoms with Crippen LogP contribution >= 0.6 is 0 Å². The van der Waals surface area contributed by atoms with Crippen LogP contribution in [0.1, 0.15) is 11.1 Å². The van der Waals surface area contributed by atoms with Gasteiger partial charge in [0.15, 0.2) is 0 Å². The van der Waals surface area contributed by atoms with Crippen LogP contribution in [0.3, 0.4) is 0 Å². The molecule has 26 heavy (non-hydrogen) atoms. The zero-order valence-electron chi connectivity index (χ0n) is 13.7. The summed E-state index contributed by atoms with van der Waals surface area (Å²) >= 11 is 0. The van der Waals surface area contributed by atoms with Crippen molar-refractivity contribution in [1.82, 2.24) is 20.2 Å². The van der Waals surface area contributed by atoms with E-state index >= 15 is 0 Å². The van der Waals surface area contributed by atoms with E-state index in [0.29, 0.717) is 5.82 Å². The summed E-state index contributed by atoms with van der Waals surface area (Å²) in [6.07, 6.45) is -4.42. The van der Waals surface area contributed by atoms with Crippen LogP contribution in [0, 0.1) is 6.92 Å². The minimum atomic E-state index is -4.42. The highest BCUT2D eigenvalue weighted by Crippen LogP contribution is 2.29. The molecule has 3 rings (SSSR count). The molecule has 0 fully saturated rings. The SMILES string of the molecule is Cc1ccccc1-c1nnn(CC(=O)Nc2ccc(C(F)(F)F)cc2)n1. The van der Waals surface area contributed by atoms with Crippen LogP contribution in [0.25, 0.3) is 11.4 Å². The highest BCUT2D eigenvalue weighted by Gasteiger charge is 2.30. The number of benzene rings is 2. The first kappa shape index (κ1) is 17.6. The quantitative estimate of drug-likeness (QED) is 0.774. The molecule has 0 spiro atoms. The lowest BCUT2D eigenvalue weighted by molar-refractivity contribution is -0.137. The van der Waals surface area contributed by atoms with E-state index in [1.807, 2.05) is 31.2 Å². The Balaban J connectivity index is 1.65. The first-order valence-corrected chi connectivity index (χ1v) is 7.64. The summed E-state index contributed by atoms with van der Waals surface area (Å²) in [5, 5.41) is 14.4. The number of hydrogen-bond acceptors (Lipinski definition) is 4. The fourth-order valence-corrected chi connectivity index (χ4v) is 2.31. The van der Waals surface area contributed by atoms with Crippen molar-refractivity contribution in [2.24, 2.45) is 0 Å². The molecule has 0 saturated heterocycles. The molecular weight excluding hydrogens is 347 g/mol. The smallest absolute Gasteiger partial charge is 0.324 e. The van der Waals surface area contributed by atoms with Crippen LogP contribution in [0.2, 0.25) is 0 Å². The number of halogens is 3. The van der Waals surface area contributed by atoms with Crippen LogP contribution in [0.5, 0.6) is 0 Å². The van der Waals surface area contributed by atoms with Gasteiger partial charge in [-0.25, -0.2) is 0 Å². The first-order chi connectivity index (χ1) is 12.3. The van der Waals surface area contributed by atoms with Gasteiger partial charge in [0.05, 0.1) is 5.56 Å². The molecule has 1 amide bonds. The number of nitrogens with zero attached hydrogens (tertiary/aromatic N) is 4. The lowest BCUT2D eigenvalue weighted by atomic mass is 10.1. The largest absolute Gasteiger partial charge is 0.416 e. The molecule has 9 heteroatoms. The molecule has 0 aliphatic heterocycles. The molecule has 0 aliphatic rings. The van der Waals surface area contributed by atoms with Gasteiger partial charge in [0.25, 0.3) is 0 Å². The number of aromatic nitrogens is 4. The summed E-state index contributed by atoms with van der Waals surface area (Å²) in [7, 11) is 0. The number of tetrazole rings is 1. The number of amides is 1. The average molecular weight is 361 g/mol. The number of carbonyl (C=O) groups is 1. The monoisotopic (exact) mass is 361 g/mol. The number of alkyl halides is 3. The number of nitrogens with one attached hydrogen (secondary N) is 1. The minimum absolute atomic E-state index is 0.208. The Kier molecular flexibility index (Phi) is 4.70. The van der Waals surface area contributed by atoms with Crippen LogP contribution in [-0.4, -0.2) is 26.1 Å². The van der Waals surface area contributed by atoms with Crippen molar-refractivity contribution in [2.45, 2.75) is 19.6 Å². The normalized spacial score (nSPS) is 11.4. The molecule has 6 nitrogen and oxygen atoms in total. The summed E-state index contributed by atoms with van der Waals surface area (Å²) in [4.78, 5) is 13.1. The number of anilines is 1. The summed E-state index contributed by atoms with van der Waals surface area (Å²) in [5.74, 6) is -0.0797. The Morgan fingerprint density at radius 1 is 1.12 bits per heavy atom. The highest BCUT2D eigenvalue weighted by atomic mass is 19.4. The Bertz CT molecular complexity index is 919. The molecule has 0 bridgehead atoms. The number of hydrogen-bond donors (Lipinski definition) is 1. The van der Waals surface area contributed by atoms with Gasteiger partial charge in [0.1, 0.15) is 6.54 Å². The maximum Gasteiger partial charge on any atom is 0.416 e. The van der Waals surface area contributed by atoms with Crippen LogP contribution in [0.4, 0.5) is 18.9 Å². The number of rotatable bonds is 4. The fraction of sp³-hybridized carbons (Fsp3) is 0.176. The van der Waals surface area contributed by atoms with Crippen molar-refractivity contribution < 1.29 is 18.0 Å². The molecular formula is C17H14F3N5O. The van der Waals surface area contributed by atoms with E-state index in [4.69, 9.17) is 0 Å². The predicted octanol–water partition coefficient (Wildman–Crippen LogP) is 3.31. The molecule has 0 saturated carbocycles. The Morgan fingerprint density at radius 3 is 2.46 bits per heavy atom. The van der Waals surface area contributed by atoms with Crippen LogP contribution in [-0.2, 0) is 17.5 Å². The van der Waals surface area contributed by atoms with Crippen LogP contribution in [0.15, 0.2) is 48.5 Å². The molecule has 134 valence electrons. The van der Waals surface area contributed by atoms with E-state index in [1.165, 1.54) is 12.1 Å². The van der Waals surface area contributed by atoms with E-state index in [9.17, 15) is 18.0 Å². The third kappa shape index (κ3) is 4.05. The second-order valence-corrected chi connectivity index (χ2v) is 5.58. The van der Waals surface area contributed by atoms with Gasteiger partial charge in [0.2, 0.25) is 11.7 Å². The van der Waals surface area contributed by atoms with E-state index in [1.54, 1.807) is 0 Å². The lowest BCUT2D eigenvalue weighted by Crippen LogP contribution is -2.20. The van der Waals surface area contributed by atoms with Crippen molar-refractivity contribution in [3.63, 3.8) is 0 Å². The summed E-state index contributed by atoms with van der Waals surface area (Å²) < 4.78 is 37.6. The van der Waals surface area contributed by atoms with Crippen molar-refractivity contribution in [3.8, 4) is 11.4 Å². The second-order valence-electron chi connectivity index (χ2n) is 5.58. The van der Waals surface area contributed by atoms with E-state index in [2.05, 4.69) is 20.7 Å². The zero-order valence-corrected chi connectivity index (χ0v) is 13.7. The average Bonchev–Trinajstić information content (AvgIpc) is 3.03. The first-order valence-electron chi connectivity index (χ1n) is 7.64. The Morgan fingerprint density at radius 2 is 1.81 bits per heavy atom. The molecule has 0 unspecified atom stereocenters. The predicted molar refractivity (Wildman–Crippen MR) is 88.1 cm³/mol. The maximum atomic E-state index is 12.5. The van der Waals surface area contributed by atoms with Gasteiger partial charge in [-0.05, 0) is 42.0 Å². The Labute approximate surface area is 146 Å². The van der Waals surface area contributed by atoms with E-state index in [0.717, 1.165) is 28.1 Å². The molecule has 0 atom stereocenters. The summed E-state index contributed by atoms with van der Waals surface area (Å²) in [6.45, 7) is 1.70. The van der Waals surface area contributed by atoms with E-state index < -0.39 is 17.6 Å². The lowest BCUT2D eigenvalue weighted by Gasteiger charge is -2.08. The molecule has 1 aromatic heterocycles. The third-order valence-corrected chi connectivity index (χ3v) is 3.62. The second kappa shape index (κ2) is 6.95. The molecule has 0 aliphatic carbocycles. The molecule has 0 radical (unpaired) electrons. The number of aryl methyl sites for hydroxylation is 1. The molecule has 3 aromatic rings. The zero-order chi connectivity index (χ0) is 18.7. The van der Waals surface area contributed by atoms with Crippen molar-refractivity contribution in [1.29, 1.82) is 0 Å². The summed E-state index contributed by atoms with van der Waals surface area (Å²) in [6, 6.07) is 11.7. The molecule has 1 heterocycles. The van der Waals surface area contributed by atoms with Crippen LogP contribution < -0.4 is 5.32 Å². The molecule has 1 N–H and O–H groups in total. The minimum Gasteiger partial charge on any atom is -0.324 e. The van der Waals surface area contributed by atoms with Gasteiger partial charge in [-0.15, -0.1) is 10.2 Å². The topological polar surface area (TPSA) is 72.7 Å². The van der Waals surface area contributed by atoms with Crippen molar-refractivity contribution in [2.75, 3.05) is 5.32 Å². The highest BCUT2D eigenvalue weighted by molar-refractivity contribution is 5.90. The number of carbonyl (C=O) groups excluding carboxylic acids is 1. The van der Waals surface area contributed by atoms with E-state index in [-0.39, 0.29) is 12.2 Å². The summed E-state index contributed by atoms with van der Waals surface area (Å²) in [5.41, 5.74) is 1.25. The van der Waals surface area contributed by atoms with Gasteiger partial charge in [0, 0.05) is 11.3 Å². The Hall–Kier alpha value is -3.23. The third-order valence-electron chi connectivity index (χ3n) is 3.62. The maximum absolute atomic E-state index is 12.5.